The highest BCUT2D eigenvalue weighted by Crippen LogP contribution is 2.27. The molecule has 3 rings (SSSR count). The van der Waals surface area contributed by atoms with Gasteiger partial charge in [-0.15, -0.1) is 0 Å². The second-order valence-corrected chi connectivity index (χ2v) is 8.34. The van der Waals surface area contributed by atoms with E-state index in [-0.39, 0.29) is 10.9 Å². The van der Waals surface area contributed by atoms with Gasteiger partial charge in [0.1, 0.15) is 0 Å². The summed E-state index contributed by atoms with van der Waals surface area (Å²) < 4.78 is 37.8. The van der Waals surface area contributed by atoms with Crippen molar-refractivity contribution in [1.82, 2.24) is 19.8 Å². The zero-order valence-corrected chi connectivity index (χ0v) is 16.0. The standard InChI is InChI=1S/C17H24N4O4S/c1-12-4-5-14(26(22,23)21-6-8-24-9-7-21)11-15(12)17-19-16(20-25-17)10-13(2)18-3/h4-5,11,13,18H,6-10H2,1-3H3. The number of nitrogens with one attached hydrogen (secondary N) is 1. The lowest BCUT2D eigenvalue weighted by Crippen LogP contribution is -2.40. The number of aryl methyl sites for hydroxylation is 1. The Bertz CT molecular complexity index is 859. The monoisotopic (exact) mass is 380 g/mol. The SMILES string of the molecule is CNC(C)Cc1noc(-c2cc(S(=O)(=O)N3CCOCC3)ccc2C)n1. The fourth-order valence-corrected chi connectivity index (χ4v) is 4.18. The summed E-state index contributed by atoms with van der Waals surface area (Å²) >= 11 is 0. The molecule has 1 atom stereocenters. The molecule has 2 aromatic rings. The Morgan fingerprint density at radius 1 is 1.31 bits per heavy atom. The summed E-state index contributed by atoms with van der Waals surface area (Å²) in [7, 11) is -1.70. The highest BCUT2D eigenvalue weighted by molar-refractivity contribution is 7.89. The van der Waals surface area contributed by atoms with Gasteiger partial charge in [0.25, 0.3) is 5.89 Å². The molecule has 1 saturated heterocycles. The van der Waals surface area contributed by atoms with Gasteiger partial charge in [-0.25, -0.2) is 8.42 Å². The number of likely N-dealkylation sites (N-methyl/N-ethyl adjacent to an activating group) is 1. The molecule has 1 aliphatic rings. The van der Waals surface area contributed by atoms with Crippen LogP contribution in [0.3, 0.4) is 0 Å². The maximum absolute atomic E-state index is 12.9. The molecule has 9 heteroatoms. The van der Waals surface area contributed by atoms with Crippen LogP contribution in [0.1, 0.15) is 18.3 Å². The Hall–Kier alpha value is -1.81. The van der Waals surface area contributed by atoms with E-state index < -0.39 is 10.0 Å². The Morgan fingerprint density at radius 3 is 2.73 bits per heavy atom. The molecule has 1 aromatic heterocycles. The van der Waals surface area contributed by atoms with Crippen LogP contribution in [-0.4, -0.2) is 62.3 Å². The smallest absolute Gasteiger partial charge is 0.258 e. The lowest BCUT2D eigenvalue weighted by Gasteiger charge is -2.26. The highest BCUT2D eigenvalue weighted by Gasteiger charge is 2.27. The molecule has 8 nitrogen and oxygen atoms in total. The third-order valence-electron chi connectivity index (χ3n) is 4.50. The summed E-state index contributed by atoms with van der Waals surface area (Å²) in [6.45, 7) is 5.46. The topological polar surface area (TPSA) is 97.6 Å². The van der Waals surface area contributed by atoms with Gasteiger partial charge in [0.15, 0.2) is 5.82 Å². The van der Waals surface area contributed by atoms with Crippen molar-refractivity contribution in [3.63, 3.8) is 0 Å². The third-order valence-corrected chi connectivity index (χ3v) is 6.39. The number of aromatic nitrogens is 2. The van der Waals surface area contributed by atoms with E-state index in [9.17, 15) is 8.42 Å². The number of nitrogens with zero attached hydrogens (tertiary/aromatic N) is 3. The number of hydrogen-bond donors (Lipinski definition) is 1. The molecule has 1 aliphatic heterocycles. The van der Waals surface area contributed by atoms with Crippen LogP contribution in [0, 0.1) is 6.92 Å². The molecule has 0 aliphatic carbocycles. The van der Waals surface area contributed by atoms with Gasteiger partial charge in [-0.1, -0.05) is 11.2 Å². The molecule has 0 bridgehead atoms. The van der Waals surface area contributed by atoms with Crippen molar-refractivity contribution in [3.05, 3.63) is 29.6 Å². The molecule has 0 saturated carbocycles. The zero-order chi connectivity index (χ0) is 18.7. The van der Waals surface area contributed by atoms with Gasteiger partial charge in [-0.2, -0.15) is 9.29 Å². The van der Waals surface area contributed by atoms with Crippen LogP contribution < -0.4 is 5.32 Å². The first kappa shape index (κ1) is 19.0. The Labute approximate surface area is 153 Å². The van der Waals surface area contributed by atoms with E-state index >= 15 is 0 Å². The van der Waals surface area contributed by atoms with E-state index in [0.29, 0.717) is 50.0 Å². The molecule has 1 N–H and O–H groups in total. The molecule has 2 heterocycles. The minimum atomic E-state index is -3.57. The molecule has 1 unspecified atom stereocenters. The van der Waals surface area contributed by atoms with Crippen molar-refractivity contribution in [2.75, 3.05) is 33.4 Å². The zero-order valence-electron chi connectivity index (χ0n) is 15.2. The van der Waals surface area contributed by atoms with Crippen molar-refractivity contribution in [2.24, 2.45) is 0 Å². The van der Waals surface area contributed by atoms with Crippen molar-refractivity contribution < 1.29 is 17.7 Å². The van der Waals surface area contributed by atoms with Crippen molar-refractivity contribution in [1.29, 1.82) is 0 Å². The number of hydrogen-bond acceptors (Lipinski definition) is 7. The van der Waals surface area contributed by atoms with Crippen LogP contribution in [0.5, 0.6) is 0 Å². The number of benzene rings is 1. The van der Waals surface area contributed by atoms with Gasteiger partial charge in [-0.05, 0) is 38.6 Å². The largest absolute Gasteiger partial charge is 0.379 e. The average molecular weight is 380 g/mol. The summed E-state index contributed by atoms with van der Waals surface area (Å²) in [5, 5.41) is 7.12. The second kappa shape index (κ2) is 7.83. The molecule has 0 spiro atoms. The number of ether oxygens (including phenoxy) is 1. The fourth-order valence-electron chi connectivity index (χ4n) is 2.75. The lowest BCUT2D eigenvalue weighted by atomic mass is 10.1. The van der Waals surface area contributed by atoms with Crippen LogP contribution in [0.4, 0.5) is 0 Å². The van der Waals surface area contributed by atoms with Gasteiger partial charge in [0.05, 0.1) is 18.1 Å². The minimum Gasteiger partial charge on any atom is -0.379 e. The van der Waals surface area contributed by atoms with Crippen molar-refractivity contribution in [2.45, 2.75) is 31.2 Å². The Kier molecular flexibility index (Phi) is 5.71. The van der Waals surface area contributed by atoms with E-state index in [2.05, 4.69) is 15.5 Å². The molecular weight excluding hydrogens is 356 g/mol. The predicted octanol–water partition coefficient (Wildman–Crippen LogP) is 1.22. The average Bonchev–Trinajstić information content (AvgIpc) is 3.10. The van der Waals surface area contributed by atoms with Gasteiger partial charge in [0.2, 0.25) is 10.0 Å². The molecule has 1 fully saturated rings. The first-order valence-corrected chi connectivity index (χ1v) is 10.0. The van der Waals surface area contributed by atoms with E-state index in [1.54, 1.807) is 18.2 Å². The fraction of sp³-hybridized carbons (Fsp3) is 0.529. The van der Waals surface area contributed by atoms with Gasteiger partial charge >= 0.3 is 0 Å². The predicted molar refractivity (Wildman–Crippen MR) is 96.3 cm³/mol. The molecule has 0 amide bonds. The van der Waals surface area contributed by atoms with E-state index in [1.807, 2.05) is 20.9 Å². The van der Waals surface area contributed by atoms with Gasteiger partial charge < -0.3 is 14.6 Å². The number of rotatable bonds is 6. The molecule has 0 radical (unpaired) electrons. The van der Waals surface area contributed by atoms with Crippen LogP contribution in [0.2, 0.25) is 0 Å². The summed E-state index contributed by atoms with van der Waals surface area (Å²) in [5.41, 5.74) is 1.51. The third kappa shape index (κ3) is 3.96. The van der Waals surface area contributed by atoms with Crippen LogP contribution in [-0.2, 0) is 21.2 Å². The van der Waals surface area contributed by atoms with Crippen LogP contribution in [0.25, 0.3) is 11.5 Å². The second-order valence-electron chi connectivity index (χ2n) is 6.40. The van der Waals surface area contributed by atoms with Crippen molar-refractivity contribution in [3.8, 4) is 11.5 Å². The minimum absolute atomic E-state index is 0.217. The first-order valence-electron chi connectivity index (χ1n) is 8.60. The first-order chi connectivity index (χ1) is 12.4. The number of morpholine rings is 1. The van der Waals surface area contributed by atoms with E-state index in [0.717, 1.165) is 5.56 Å². The van der Waals surface area contributed by atoms with Gasteiger partial charge in [-0.3, -0.25) is 0 Å². The molecule has 1 aromatic carbocycles. The Morgan fingerprint density at radius 2 is 2.04 bits per heavy atom. The van der Waals surface area contributed by atoms with E-state index in [4.69, 9.17) is 9.26 Å². The summed E-state index contributed by atoms with van der Waals surface area (Å²) in [5.74, 6) is 0.919. The normalized spacial score (nSPS) is 17.3. The summed E-state index contributed by atoms with van der Waals surface area (Å²) in [4.78, 5) is 4.64. The maximum Gasteiger partial charge on any atom is 0.258 e. The summed E-state index contributed by atoms with van der Waals surface area (Å²) in [6.07, 6.45) is 0.630. The molecular formula is C17H24N4O4S. The van der Waals surface area contributed by atoms with E-state index in [1.165, 1.54) is 4.31 Å². The highest BCUT2D eigenvalue weighted by atomic mass is 32.2. The molecule has 26 heavy (non-hydrogen) atoms. The summed E-state index contributed by atoms with van der Waals surface area (Å²) in [6, 6.07) is 5.21. The quantitative estimate of drug-likeness (QED) is 0.804. The van der Waals surface area contributed by atoms with Crippen LogP contribution >= 0.6 is 0 Å². The lowest BCUT2D eigenvalue weighted by molar-refractivity contribution is 0.0730. The van der Waals surface area contributed by atoms with Crippen molar-refractivity contribution >= 4 is 10.0 Å². The molecule has 142 valence electrons. The van der Waals surface area contributed by atoms with Gasteiger partial charge in [0, 0.05) is 31.1 Å². The Balaban J connectivity index is 1.91. The number of sulfonamides is 1. The van der Waals surface area contributed by atoms with Crippen LogP contribution in [0.15, 0.2) is 27.6 Å². The maximum atomic E-state index is 12.9.